The summed E-state index contributed by atoms with van der Waals surface area (Å²) in [6.07, 6.45) is 0.985. The molecular weight excluding hydrogens is 466 g/mol. The molecule has 2 unspecified atom stereocenters. The fourth-order valence-corrected chi connectivity index (χ4v) is 6.25. The summed E-state index contributed by atoms with van der Waals surface area (Å²) >= 11 is 1.62. The number of methoxy groups -OCH3 is 1. The third kappa shape index (κ3) is 3.74. The van der Waals surface area contributed by atoms with Crippen molar-refractivity contribution >= 4 is 44.8 Å². The number of nitrogens with zero attached hydrogens (tertiary/aromatic N) is 3. The van der Waals surface area contributed by atoms with Crippen molar-refractivity contribution in [2.45, 2.75) is 31.8 Å². The molecule has 1 spiro atoms. The van der Waals surface area contributed by atoms with Crippen molar-refractivity contribution < 1.29 is 23.9 Å². The SMILES string of the molecule is COc1ccc2c(c1)C(=O)CC1(CCN(C(=O)C3CC(=O)N(c4ccc5sc(C)nc5c4)C3)C1)O2. The van der Waals surface area contributed by atoms with Crippen LogP contribution in [0.2, 0.25) is 0 Å². The number of hydrogen-bond donors (Lipinski definition) is 0. The van der Waals surface area contributed by atoms with Gasteiger partial charge in [0.2, 0.25) is 11.8 Å². The van der Waals surface area contributed by atoms with E-state index in [1.54, 1.807) is 46.4 Å². The predicted molar refractivity (Wildman–Crippen MR) is 131 cm³/mol. The zero-order valence-electron chi connectivity index (χ0n) is 19.6. The molecule has 0 aliphatic carbocycles. The zero-order valence-corrected chi connectivity index (χ0v) is 20.4. The summed E-state index contributed by atoms with van der Waals surface area (Å²) in [5, 5.41) is 0.978. The first-order valence-corrected chi connectivity index (χ1v) is 12.5. The molecule has 2 atom stereocenters. The van der Waals surface area contributed by atoms with Crippen molar-refractivity contribution in [1.82, 2.24) is 9.88 Å². The number of aromatic nitrogens is 1. The van der Waals surface area contributed by atoms with Gasteiger partial charge in [0.05, 0.1) is 46.8 Å². The van der Waals surface area contributed by atoms with Gasteiger partial charge in [-0.25, -0.2) is 4.98 Å². The number of carbonyl (C=O) groups is 3. The smallest absolute Gasteiger partial charge is 0.228 e. The number of Topliss-reactive ketones (excluding diaryl/α,β-unsaturated/α-hetero) is 1. The number of benzene rings is 2. The molecule has 0 saturated carbocycles. The lowest BCUT2D eigenvalue weighted by Crippen LogP contribution is -2.46. The fraction of sp³-hybridized carbons (Fsp3) is 0.385. The molecule has 0 N–H and O–H groups in total. The van der Waals surface area contributed by atoms with Crippen molar-refractivity contribution in [2.24, 2.45) is 5.92 Å². The lowest BCUT2D eigenvalue weighted by atomic mass is 9.89. The van der Waals surface area contributed by atoms with Crippen molar-refractivity contribution in [2.75, 3.05) is 31.6 Å². The van der Waals surface area contributed by atoms with Crippen molar-refractivity contribution in [3.8, 4) is 11.5 Å². The number of likely N-dealkylation sites (tertiary alicyclic amines) is 1. The summed E-state index contributed by atoms with van der Waals surface area (Å²) in [4.78, 5) is 47.1. The molecule has 3 aliphatic heterocycles. The monoisotopic (exact) mass is 491 g/mol. The second-order valence-electron chi connectivity index (χ2n) is 9.55. The number of aryl methyl sites for hydroxylation is 1. The normalized spacial score (nSPS) is 23.8. The Morgan fingerprint density at radius 2 is 2.09 bits per heavy atom. The van der Waals surface area contributed by atoms with Gasteiger partial charge >= 0.3 is 0 Å². The van der Waals surface area contributed by atoms with Gasteiger partial charge in [0.15, 0.2) is 5.78 Å². The van der Waals surface area contributed by atoms with E-state index in [1.165, 1.54) is 0 Å². The van der Waals surface area contributed by atoms with Crippen LogP contribution in [-0.2, 0) is 9.59 Å². The van der Waals surface area contributed by atoms with Crippen LogP contribution < -0.4 is 14.4 Å². The molecule has 2 fully saturated rings. The average molecular weight is 492 g/mol. The van der Waals surface area contributed by atoms with E-state index in [1.807, 2.05) is 25.1 Å². The largest absolute Gasteiger partial charge is 0.497 e. The number of carbonyl (C=O) groups excluding carboxylic acids is 3. The Morgan fingerprint density at radius 3 is 2.91 bits per heavy atom. The van der Waals surface area contributed by atoms with Crippen molar-refractivity contribution in [1.29, 1.82) is 0 Å². The average Bonchev–Trinajstić information content (AvgIpc) is 3.54. The molecule has 1 aromatic heterocycles. The highest BCUT2D eigenvalue weighted by Crippen LogP contribution is 2.41. The summed E-state index contributed by atoms with van der Waals surface area (Å²) in [6, 6.07) is 11.0. The Morgan fingerprint density at radius 1 is 1.23 bits per heavy atom. The highest BCUT2D eigenvalue weighted by Gasteiger charge is 2.49. The van der Waals surface area contributed by atoms with Gasteiger partial charge in [-0.15, -0.1) is 11.3 Å². The Kier molecular flexibility index (Phi) is 5.07. The maximum Gasteiger partial charge on any atom is 0.228 e. The highest BCUT2D eigenvalue weighted by atomic mass is 32.1. The molecule has 6 rings (SSSR count). The molecule has 4 heterocycles. The van der Waals surface area contributed by atoms with E-state index in [0.29, 0.717) is 43.1 Å². The molecule has 9 heteroatoms. The van der Waals surface area contributed by atoms with Gasteiger partial charge in [-0.05, 0) is 43.3 Å². The second-order valence-corrected chi connectivity index (χ2v) is 10.8. The molecule has 2 aromatic carbocycles. The van der Waals surface area contributed by atoms with Gasteiger partial charge in [0.1, 0.15) is 17.1 Å². The topological polar surface area (TPSA) is 89.0 Å². The second kappa shape index (κ2) is 8.05. The summed E-state index contributed by atoms with van der Waals surface area (Å²) in [6.45, 7) is 3.16. The van der Waals surface area contributed by atoms with Crippen LogP contribution in [0.25, 0.3) is 10.2 Å². The number of ether oxygens (including phenoxy) is 2. The molecule has 2 saturated heterocycles. The fourth-order valence-electron chi connectivity index (χ4n) is 5.44. The highest BCUT2D eigenvalue weighted by molar-refractivity contribution is 7.18. The Bertz CT molecular complexity index is 1380. The van der Waals surface area contributed by atoms with E-state index in [9.17, 15) is 14.4 Å². The number of rotatable bonds is 3. The van der Waals surface area contributed by atoms with E-state index in [0.717, 1.165) is 20.9 Å². The standard InChI is InChI=1S/C26H25N3O5S/c1-15-27-20-10-17(3-6-23(20)35-15)29-13-16(9-24(29)31)25(32)28-8-7-26(14-28)12-21(30)19-11-18(33-2)4-5-22(19)34-26/h3-6,10-11,16H,7-9,12-14H2,1-2H3. The zero-order chi connectivity index (χ0) is 24.3. The van der Waals surface area contributed by atoms with Crippen LogP contribution in [0, 0.1) is 12.8 Å². The molecule has 2 amide bonds. The summed E-state index contributed by atoms with van der Waals surface area (Å²) in [7, 11) is 1.56. The molecule has 35 heavy (non-hydrogen) atoms. The number of amides is 2. The first-order chi connectivity index (χ1) is 16.8. The minimum absolute atomic E-state index is 0.00524. The predicted octanol–water partition coefficient (Wildman–Crippen LogP) is 3.60. The lowest BCUT2D eigenvalue weighted by Gasteiger charge is -2.35. The van der Waals surface area contributed by atoms with Gasteiger partial charge in [0, 0.05) is 31.6 Å². The molecule has 8 nitrogen and oxygen atoms in total. The third-order valence-corrected chi connectivity index (χ3v) is 8.14. The number of anilines is 1. The number of thiazole rings is 1. The minimum atomic E-state index is -0.718. The quantitative estimate of drug-likeness (QED) is 0.556. The Labute approximate surface area is 206 Å². The van der Waals surface area contributed by atoms with E-state index < -0.39 is 11.5 Å². The van der Waals surface area contributed by atoms with Crippen LogP contribution in [0.1, 0.15) is 34.6 Å². The molecule has 0 bridgehead atoms. The van der Waals surface area contributed by atoms with Gasteiger partial charge in [-0.2, -0.15) is 0 Å². The molecule has 0 radical (unpaired) electrons. The maximum absolute atomic E-state index is 13.4. The molecular formula is C26H25N3O5S. The van der Waals surface area contributed by atoms with Crippen LogP contribution in [0.5, 0.6) is 11.5 Å². The van der Waals surface area contributed by atoms with Crippen LogP contribution in [0.3, 0.4) is 0 Å². The van der Waals surface area contributed by atoms with Crippen molar-refractivity contribution in [3.05, 3.63) is 47.0 Å². The van der Waals surface area contributed by atoms with Crippen LogP contribution in [0.15, 0.2) is 36.4 Å². The van der Waals surface area contributed by atoms with E-state index in [2.05, 4.69) is 4.98 Å². The van der Waals surface area contributed by atoms with Gasteiger partial charge in [-0.1, -0.05) is 0 Å². The summed E-state index contributed by atoms with van der Waals surface area (Å²) in [5.74, 6) is 0.608. The molecule has 180 valence electrons. The Hall–Kier alpha value is -3.46. The van der Waals surface area contributed by atoms with E-state index in [-0.39, 0.29) is 30.4 Å². The first-order valence-electron chi connectivity index (χ1n) is 11.7. The van der Waals surface area contributed by atoms with E-state index in [4.69, 9.17) is 9.47 Å². The number of ketones is 1. The number of hydrogen-bond acceptors (Lipinski definition) is 7. The van der Waals surface area contributed by atoms with Gasteiger partial charge < -0.3 is 19.3 Å². The van der Waals surface area contributed by atoms with Crippen LogP contribution in [0.4, 0.5) is 5.69 Å². The minimum Gasteiger partial charge on any atom is -0.497 e. The Balaban J connectivity index is 1.16. The molecule has 3 aliphatic rings. The first kappa shape index (κ1) is 22.0. The number of fused-ring (bicyclic) bond motifs is 2. The lowest BCUT2D eigenvalue weighted by molar-refractivity contribution is -0.135. The third-order valence-electron chi connectivity index (χ3n) is 7.19. The summed E-state index contributed by atoms with van der Waals surface area (Å²) < 4.78 is 12.6. The van der Waals surface area contributed by atoms with Gasteiger partial charge in [0.25, 0.3) is 0 Å². The molecule has 3 aromatic rings. The van der Waals surface area contributed by atoms with Crippen molar-refractivity contribution in [3.63, 3.8) is 0 Å². The van der Waals surface area contributed by atoms with Crippen LogP contribution >= 0.6 is 11.3 Å². The van der Waals surface area contributed by atoms with E-state index >= 15 is 0 Å². The van der Waals surface area contributed by atoms with Crippen LogP contribution in [-0.4, -0.2) is 59.8 Å². The summed E-state index contributed by atoms with van der Waals surface area (Å²) in [5.41, 5.74) is 1.44. The maximum atomic E-state index is 13.4. The van der Waals surface area contributed by atoms with Gasteiger partial charge in [-0.3, -0.25) is 14.4 Å².